The third-order valence-corrected chi connectivity index (χ3v) is 3.10. The van der Waals surface area contributed by atoms with E-state index in [9.17, 15) is 5.11 Å². The van der Waals surface area contributed by atoms with E-state index in [0.717, 1.165) is 12.5 Å². The second-order valence-electron chi connectivity index (χ2n) is 4.84. The number of phenolic OH excluding ortho intramolecular Hbond substituents is 1. The maximum absolute atomic E-state index is 9.24. The Balaban J connectivity index is 1.90. The number of aromatic hydroxyl groups is 1. The fourth-order valence-corrected chi connectivity index (χ4v) is 2.08. The van der Waals surface area contributed by atoms with Gasteiger partial charge in [0.15, 0.2) is 0 Å². The lowest BCUT2D eigenvalue weighted by Crippen LogP contribution is -2.26. The first kappa shape index (κ1) is 11.5. The van der Waals surface area contributed by atoms with Crippen LogP contribution < -0.4 is 0 Å². The van der Waals surface area contributed by atoms with E-state index >= 15 is 0 Å². The van der Waals surface area contributed by atoms with Crippen molar-refractivity contribution in [1.29, 1.82) is 0 Å². The van der Waals surface area contributed by atoms with Crippen LogP contribution in [0.5, 0.6) is 5.75 Å². The van der Waals surface area contributed by atoms with Gasteiger partial charge >= 0.3 is 0 Å². The number of phenols is 1. The highest BCUT2D eigenvalue weighted by molar-refractivity contribution is 5.25. The summed E-state index contributed by atoms with van der Waals surface area (Å²) in [5.41, 5.74) is 1.30. The molecule has 0 saturated heterocycles. The summed E-state index contributed by atoms with van der Waals surface area (Å²) >= 11 is 0. The van der Waals surface area contributed by atoms with Gasteiger partial charge < -0.3 is 5.11 Å². The first-order valence-corrected chi connectivity index (χ1v) is 6.28. The van der Waals surface area contributed by atoms with Gasteiger partial charge in [-0.1, -0.05) is 19.1 Å². The summed E-state index contributed by atoms with van der Waals surface area (Å²) in [5.74, 6) is 1.30. The van der Waals surface area contributed by atoms with Gasteiger partial charge in [0, 0.05) is 13.1 Å². The van der Waals surface area contributed by atoms with Crippen molar-refractivity contribution in [2.75, 3.05) is 13.1 Å². The fourth-order valence-electron chi connectivity index (χ4n) is 2.08. The van der Waals surface area contributed by atoms with Gasteiger partial charge in [-0.3, -0.25) is 4.90 Å². The molecule has 0 spiro atoms. The molecule has 0 aliphatic heterocycles. The highest BCUT2D eigenvalue weighted by Crippen LogP contribution is 2.30. The summed E-state index contributed by atoms with van der Waals surface area (Å²) in [7, 11) is 0. The average molecular weight is 219 g/mol. The van der Waals surface area contributed by atoms with Crippen molar-refractivity contribution < 1.29 is 5.11 Å². The van der Waals surface area contributed by atoms with E-state index in [2.05, 4.69) is 11.8 Å². The Hall–Kier alpha value is -1.02. The van der Waals surface area contributed by atoms with Crippen LogP contribution in [0.15, 0.2) is 24.3 Å². The van der Waals surface area contributed by atoms with Crippen LogP contribution in [0.3, 0.4) is 0 Å². The molecule has 2 rings (SSSR count). The molecule has 0 radical (unpaired) electrons. The Morgan fingerprint density at radius 2 is 1.94 bits per heavy atom. The minimum atomic E-state index is 0.355. The highest BCUT2D eigenvalue weighted by Gasteiger charge is 2.23. The zero-order valence-corrected chi connectivity index (χ0v) is 10.0. The molecule has 0 bridgehead atoms. The molecule has 1 fully saturated rings. The molecule has 1 aromatic rings. The van der Waals surface area contributed by atoms with Gasteiger partial charge in [0.2, 0.25) is 0 Å². The van der Waals surface area contributed by atoms with E-state index in [4.69, 9.17) is 0 Å². The maximum atomic E-state index is 9.24. The summed E-state index contributed by atoms with van der Waals surface area (Å²) in [6.45, 7) is 5.67. The van der Waals surface area contributed by atoms with E-state index in [1.165, 1.54) is 37.9 Å². The molecule has 1 aliphatic carbocycles. The number of hydrogen-bond acceptors (Lipinski definition) is 2. The van der Waals surface area contributed by atoms with Crippen molar-refractivity contribution >= 4 is 0 Å². The number of rotatable bonds is 6. The molecule has 0 amide bonds. The van der Waals surface area contributed by atoms with Gasteiger partial charge in [-0.05, 0) is 49.4 Å². The molecule has 1 N–H and O–H groups in total. The highest BCUT2D eigenvalue weighted by atomic mass is 16.3. The van der Waals surface area contributed by atoms with E-state index in [1.807, 2.05) is 12.1 Å². The summed E-state index contributed by atoms with van der Waals surface area (Å²) < 4.78 is 0. The lowest BCUT2D eigenvalue weighted by Gasteiger charge is -2.21. The monoisotopic (exact) mass is 219 g/mol. The van der Waals surface area contributed by atoms with E-state index in [1.54, 1.807) is 12.1 Å². The van der Waals surface area contributed by atoms with Crippen molar-refractivity contribution in [2.45, 2.75) is 32.7 Å². The average Bonchev–Trinajstić information content (AvgIpc) is 3.06. The van der Waals surface area contributed by atoms with E-state index in [0.29, 0.717) is 5.75 Å². The minimum Gasteiger partial charge on any atom is -0.508 e. The molecule has 0 heterocycles. The van der Waals surface area contributed by atoms with Gasteiger partial charge in [-0.2, -0.15) is 0 Å². The van der Waals surface area contributed by atoms with Gasteiger partial charge in [-0.15, -0.1) is 0 Å². The second-order valence-corrected chi connectivity index (χ2v) is 4.84. The van der Waals surface area contributed by atoms with Crippen LogP contribution in [0.2, 0.25) is 0 Å². The minimum absolute atomic E-state index is 0.355. The molecule has 88 valence electrons. The van der Waals surface area contributed by atoms with Crippen molar-refractivity contribution in [3.05, 3.63) is 29.8 Å². The van der Waals surface area contributed by atoms with Crippen LogP contribution in [0.4, 0.5) is 0 Å². The number of hydrogen-bond donors (Lipinski definition) is 1. The standard InChI is InChI=1S/C14H21NO/c1-2-9-15(10-12-3-4-12)11-13-5-7-14(16)8-6-13/h5-8,12,16H,2-4,9-11H2,1H3. The Kier molecular flexibility index (Phi) is 3.83. The fraction of sp³-hybridized carbons (Fsp3) is 0.571. The lowest BCUT2D eigenvalue weighted by molar-refractivity contribution is 0.255. The van der Waals surface area contributed by atoms with Crippen LogP contribution in [-0.4, -0.2) is 23.1 Å². The Morgan fingerprint density at radius 1 is 1.25 bits per heavy atom. The van der Waals surface area contributed by atoms with Crippen LogP contribution in [-0.2, 0) is 6.54 Å². The normalized spacial score (nSPS) is 15.6. The molecular weight excluding hydrogens is 198 g/mol. The first-order chi connectivity index (χ1) is 7.78. The summed E-state index contributed by atoms with van der Waals surface area (Å²) in [6.07, 6.45) is 4.04. The molecule has 16 heavy (non-hydrogen) atoms. The predicted octanol–water partition coefficient (Wildman–Crippen LogP) is 3.01. The van der Waals surface area contributed by atoms with Crippen molar-refractivity contribution in [3.8, 4) is 5.75 Å². The largest absolute Gasteiger partial charge is 0.508 e. The molecule has 2 heteroatoms. The zero-order valence-electron chi connectivity index (χ0n) is 10.0. The second kappa shape index (κ2) is 5.35. The van der Waals surface area contributed by atoms with E-state index in [-0.39, 0.29) is 0 Å². The molecule has 0 unspecified atom stereocenters. The van der Waals surface area contributed by atoms with E-state index < -0.39 is 0 Å². The number of nitrogens with zero attached hydrogens (tertiary/aromatic N) is 1. The first-order valence-electron chi connectivity index (χ1n) is 6.28. The quantitative estimate of drug-likeness (QED) is 0.795. The summed E-state index contributed by atoms with van der Waals surface area (Å²) in [5, 5.41) is 9.24. The van der Waals surface area contributed by atoms with Crippen LogP contribution >= 0.6 is 0 Å². The van der Waals surface area contributed by atoms with Crippen LogP contribution in [0, 0.1) is 5.92 Å². The van der Waals surface area contributed by atoms with Crippen LogP contribution in [0.1, 0.15) is 31.7 Å². The third-order valence-electron chi connectivity index (χ3n) is 3.10. The topological polar surface area (TPSA) is 23.5 Å². The van der Waals surface area contributed by atoms with Crippen LogP contribution in [0.25, 0.3) is 0 Å². The third kappa shape index (κ3) is 3.53. The van der Waals surface area contributed by atoms with Gasteiger partial charge in [-0.25, -0.2) is 0 Å². The SMILES string of the molecule is CCCN(Cc1ccc(O)cc1)CC1CC1. The molecule has 2 nitrogen and oxygen atoms in total. The molecule has 0 atom stereocenters. The number of benzene rings is 1. The summed E-state index contributed by atoms with van der Waals surface area (Å²) in [6, 6.07) is 7.59. The van der Waals surface area contributed by atoms with Gasteiger partial charge in [0.1, 0.15) is 5.75 Å². The smallest absolute Gasteiger partial charge is 0.115 e. The predicted molar refractivity (Wildman–Crippen MR) is 66.4 cm³/mol. The molecule has 1 aliphatic rings. The van der Waals surface area contributed by atoms with Crippen molar-refractivity contribution in [2.24, 2.45) is 5.92 Å². The Morgan fingerprint density at radius 3 is 2.50 bits per heavy atom. The maximum Gasteiger partial charge on any atom is 0.115 e. The molecule has 1 aromatic carbocycles. The summed E-state index contributed by atoms with van der Waals surface area (Å²) in [4.78, 5) is 2.53. The Bertz CT molecular complexity index is 316. The van der Waals surface area contributed by atoms with Crippen molar-refractivity contribution in [3.63, 3.8) is 0 Å². The van der Waals surface area contributed by atoms with Gasteiger partial charge in [0.05, 0.1) is 0 Å². The van der Waals surface area contributed by atoms with Gasteiger partial charge in [0.25, 0.3) is 0 Å². The van der Waals surface area contributed by atoms with Crippen molar-refractivity contribution in [1.82, 2.24) is 4.90 Å². The molecular formula is C14H21NO. The molecule has 0 aromatic heterocycles. The zero-order chi connectivity index (χ0) is 11.4. The molecule has 1 saturated carbocycles. The Labute approximate surface area is 97.9 Å². The lowest BCUT2D eigenvalue weighted by atomic mass is 10.2.